The molecule has 0 saturated heterocycles. The molecule has 4 rings (SSSR count). The van der Waals surface area contributed by atoms with Gasteiger partial charge >= 0.3 is 12.4 Å². The van der Waals surface area contributed by atoms with Crippen LogP contribution in [0.25, 0.3) is 22.2 Å². The highest BCUT2D eigenvalue weighted by Gasteiger charge is 2.37. The first-order chi connectivity index (χ1) is 19.2. The van der Waals surface area contributed by atoms with Gasteiger partial charge in [-0.05, 0) is 43.4 Å². The topological polar surface area (TPSA) is 118 Å². The predicted molar refractivity (Wildman–Crippen MR) is 136 cm³/mol. The Morgan fingerprint density at radius 2 is 1.80 bits per heavy atom. The third kappa shape index (κ3) is 6.30. The van der Waals surface area contributed by atoms with Gasteiger partial charge in [-0.25, -0.2) is 19.5 Å². The van der Waals surface area contributed by atoms with Crippen LogP contribution in [0.1, 0.15) is 30.9 Å². The summed E-state index contributed by atoms with van der Waals surface area (Å²) in [5, 5.41) is 10.4. The number of nitrogens with one attached hydrogen (secondary N) is 3. The molecule has 3 aromatic heterocycles. The lowest BCUT2D eigenvalue weighted by Gasteiger charge is -2.18. The van der Waals surface area contributed by atoms with Gasteiger partial charge in [0.25, 0.3) is 11.1 Å². The lowest BCUT2D eigenvalue weighted by molar-refractivity contribution is -0.138. The van der Waals surface area contributed by atoms with E-state index in [1.165, 1.54) is 29.9 Å². The van der Waals surface area contributed by atoms with Crippen molar-refractivity contribution in [3.05, 3.63) is 74.4 Å². The number of benzene rings is 1. The number of aryl methyl sites for hydroxylation is 1. The van der Waals surface area contributed by atoms with Crippen molar-refractivity contribution in [3.8, 4) is 11.4 Å². The van der Waals surface area contributed by atoms with Crippen molar-refractivity contribution in [1.82, 2.24) is 24.7 Å². The second-order valence-corrected chi connectivity index (χ2v) is 9.11. The second-order valence-electron chi connectivity index (χ2n) is 9.11. The number of aromatic nitrogens is 5. The fourth-order valence-electron chi connectivity index (χ4n) is 4.26. The number of nitrogens with zero attached hydrogens (tertiary/aromatic N) is 4. The molecule has 41 heavy (non-hydrogen) atoms. The zero-order valence-corrected chi connectivity index (χ0v) is 21.4. The Morgan fingerprint density at radius 3 is 2.46 bits per heavy atom. The Bertz CT molecular complexity index is 1700. The minimum absolute atomic E-state index is 0.00470. The van der Waals surface area contributed by atoms with Gasteiger partial charge < -0.3 is 15.2 Å². The monoisotopic (exact) mass is 585 g/mol. The van der Waals surface area contributed by atoms with E-state index in [1.807, 2.05) is 0 Å². The second kappa shape index (κ2) is 11.2. The first-order valence-electron chi connectivity index (χ1n) is 12.1. The van der Waals surface area contributed by atoms with Gasteiger partial charge in [-0.15, -0.1) is 0 Å². The quantitative estimate of drug-likeness (QED) is 0.248. The van der Waals surface area contributed by atoms with Crippen LogP contribution in [-0.4, -0.2) is 37.8 Å². The molecular weight excluding hydrogens is 563 g/mol. The number of hydrogen-bond acceptors (Lipinski definition) is 7. The smallest absolute Gasteiger partial charge is 0.381 e. The lowest BCUT2D eigenvalue weighted by atomic mass is 10.1. The summed E-state index contributed by atoms with van der Waals surface area (Å²) in [6.07, 6.45) is -6.11. The van der Waals surface area contributed by atoms with E-state index in [9.17, 15) is 35.9 Å². The Labute approximate surface area is 226 Å². The van der Waals surface area contributed by atoms with E-state index in [4.69, 9.17) is 0 Å². The van der Waals surface area contributed by atoms with E-state index in [2.05, 4.69) is 25.7 Å². The zero-order chi connectivity index (χ0) is 30.1. The molecule has 0 bridgehead atoms. The number of fused-ring (bicyclic) bond motifs is 1. The number of anilines is 2. The van der Waals surface area contributed by atoms with Crippen LogP contribution in [0.15, 0.2) is 46.4 Å². The molecule has 0 fully saturated rings. The van der Waals surface area contributed by atoms with Gasteiger partial charge in [0.05, 0.1) is 22.8 Å². The number of hydrogen-bond donors (Lipinski definition) is 3. The molecule has 0 radical (unpaired) electrons. The van der Waals surface area contributed by atoms with Gasteiger partial charge in [-0.3, -0.25) is 9.59 Å². The number of alkyl halides is 6. The van der Waals surface area contributed by atoms with Crippen LogP contribution >= 0.6 is 0 Å². The van der Waals surface area contributed by atoms with Crippen LogP contribution in [0.4, 0.5) is 42.2 Å². The summed E-state index contributed by atoms with van der Waals surface area (Å²) in [5.74, 6) is -1.76. The summed E-state index contributed by atoms with van der Waals surface area (Å²) in [4.78, 5) is 32.1. The summed E-state index contributed by atoms with van der Waals surface area (Å²) >= 11 is 0. The average molecular weight is 585 g/mol. The van der Waals surface area contributed by atoms with Crippen LogP contribution in [0, 0.1) is 5.82 Å². The molecule has 16 heteroatoms. The van der Waals surface area contributed by atoms with Crippen molar-refractivity contribution in [1.29, 1.82) is 0 Å². The van der Waals surface area contributed by atoms with Crippen LogP contribution in [0.5, 0.6) is 0 Å². The van der Waals surface area contributed by atoms with E-state index in [-0.39, 0.29) is 23.3 Å². The van der Waals surface area contributed by atoms with Crippen LogP contribution in [-0.2, 0) is 18.9 Å². The Morgan fingerprint density at radius 1 is 1.07 bits per heavy atom. The molecule has 0 aliphatic heterocycles. The molecule has 1 unspecified atom stereocenters. The number of halogens is 7. The molecule has 4 aromatic rings. The highest BCUT2D eigenvalue weighted by molar-refractivity contribution is 5.86. The third-order valence-corrected chi connectivity index (χ3v) is 6.21. The largest absolute Gasteiger partial charge is 0.423 e. The molecule has 0 saturated carbocycles. The normalized spacial score (nSPS) is 12.9. The van der Waals surface area contributed by atoms with Crippen LogP contribution in [0.3, 0.4) is 0 Å². The van der Waals surface area contributed by atoms with Crippen molar-refractivity contribution >= 4 is 22.3 Å². The van der Waals surface area contributed by atoms with Crippen LogP contribution in [0.2, 0.25) is 0 Å². The predicted octanol–water partition coefficient (Wildman–Crippen LogP) is 5.04. The fraction of sp³-hybridized carbons (Fsp3) is 0.320. The average Bonchev–Trinajstić information content (AvgIpc) is 2.88. The summed E-state index contributed by atoms with van der Waals surface area (Å²) in [7, 11) is 1.23. The Balaban J connectivity index is 1.51. The Kier molecular flexibility index (Phi) is 8.03. The molecule has 0 aliphatic carbocycles. The number of rotatable bonds is 8. The first-order valence-corrected chi connectivity index (χ1v) is 12.1. The molecule has 0 amide bonds. The third-order valence-electron chi connectivity index (χ3n) is 6.21. The maximum absolute atomic E-state index is 15.0. The van der Waals surface area contributed by atoms with Crippen molar-refractivity contribution in [2.75, 3.05) is 17.7 Å². The molecule has 1 atom stereocenters. The Hall–Kier alpha value is -4.50. The maximum Gasteiger partial charge on any atom is 0.423 e. The number of H-pyrrole nitrogens is 1. The lowest BCUT2D eigenvalue weighted by Crippen LogP contribution is -2.27. The van der Waals surface area contributed by atoms with E-state index < -0.39 is 58.0 Å². The number of aromatic amines is 1. The fourth-order valence-corrected chi connectivity index (χ4v) is 4.26. The summed E-state index contributed by atoms with van der Waals surface area (Å²) < 4.78 is 95.5. The SMILES string of the molecule is CNc1nc(-c2cc3ccn(CCCC(C)Nc4cn[nH]c(=O)c4C(F)(F)F)c(=O)c3cc2F)ncc1C(F)(F)F. The minimum atomic E-state index is -4.89. The van der Waals surface area contributed by atoms with E-state index in [1.54, 1.807) is 12.0 Å². The minimum Gasteiger partial charge on any atom is -0.381 e. The van der Waals surface area contributed by atoms with Gasteiger partial charge in [0.15, 0.2) is 5.82 Å². The highest BCUT2D eigenvalue weighted by Crippen LogP contribution is 2.35. The number of pyridine rings is 1. The molecular formula is C25H22F7N7O2. The molecule has 1 aromatic carbocycles. The van der Waals surface area contributed by atoms with Crippen LogP contribution < -0.4 is 21.8 Å². The highest BCUT2D eigenvalue weighted by atomic mass is 19.4. The first kappa shape index (κ1) is 29.5. The summed E-state index contributed by atoms with van der Waals surface area (Å²) in [5.41, 5.74) is -5.10. The zero-order valence-electron chi connectivity index (χ0n) is 21.4. The van der Waals surface area contributed by atoms with Gasteiger partial charge in [0.1, 0.15) is 22.8 Å². The van der Waals surface area contributed by atoms with Crippen molar-refractivity contribution in [2.24, 2.45) is 0 Å². The molecule has 218 valence electrons. The molecule has 0 aliphatic rings. The van der Waals surface area contributed by atoms with Crippen molar-refractivity contribution in [2.45, 2.75) is 44.7 Å². The van der Waals surface area contributed by atoms with E-state index >= 15 is 4.39 Å². The van der Waals surface area contributed by atoms with E-state index in [0.717, 1.165) is 12.3 Å². The maximum atomic E-state index is 15.0. The standard InChI is InChI=1S/C25H22F7N7O2/c1-12(36-18-11-35-38-22(40)19(18)25(30,31)32)4-3-6-39-7-5-13-8-15(17(26)9-14(13)23(39)41)20-34-10-16(24(27,28)29)21(33-2)37-20/h5,7-12H,3-4,6H2,1-2H3,(H,33,34,37)(H2,36,38,40). The molecule has 9 nitrogen and oxygen atoms in total. The molecule has 3 N–H and O–H groups in total. The van der Waals surface area contributed by atoms with Crippen molar-refractivity contribution < 1.29 is 30.7 Å². The molecule has 0 spiro atoms. The summed E-state index contributed by atoms with van der Waals surface area (Å²) in [6, 6.07) is 3.20. The molecule has 3 heterocycles. The van der Waals surface area contributed by atoms with E-state index in [0.29, 0.717) is 24.4 Å². The van der Waals surface area contributed by atoms with Gasteiger partial charge in [0.2, 0.25) is 0 Å². The van der Waals surface area contributed by atoms with Crippen molar-refractivity contribution in [3.63, 3.8) is 0 Å². The van der Waals surface area contributed by atoms with Gasteiger partial charge in [-0.1, -0.05) is 0 Å². The van der Waals surface area contributed by atoms with Gasteiger partial charge in [-0.2, -0.15) is 31.4 Å². The van der Waals surface area contributed by atoms with Gasteiger partial charge in [0, 0.05) is 32.0 Å². The summed E-state index contributed by atoms with van der Waals surface area (Å²) in [6.45, 7) is 1.75.